The van der Waals surface area contributed by atoms with E-state index in [4.69, 9.17) is 13.9 Å². The fraction of sp³-hybridized carbons (Fsp3) is 0.250. The summed E-state index contributed by atoms with van der Waals surface area (Å²) in [5.41, 5.74) is 3.17. The second kappa shape index (κ2) is 10.2. The highest BCUT2D eigenvalue weighted by atomic mass is 16.5. The molecule has 184 valence electrons. The van der Waals surface area contributed by atoms with Crippen molar-refractivity contribution in [2.45, 2.75) is 20.0 Å². The van der Waals surface area contributed by atoms with Crippen LogP contribution in [0.3, 0.4) is 0 Å². The van der Waals surface area contributed by atoms with Crippen LogP contribution in [-0.2, 0) is 14.3 Å². The molecule has 1 amide bonds. The highest BCUT2D eigenvalue weighted by Crippen LogP contribution is 2.27. The summed E-state index contributed by atoms with van der Waals surface area (Å²) in [7, 11) is 0. The molecule has 1 saturated heterocycles. The van der Waals surface area contributed by atoms with Crippen LogP contribution in [0.25, 0.3) is 22.4 Å². The van der Waals surface area contributed by atoms with Gasteiger partial charge < -0.3 is 24.1 Å². The largest absolute Gasteiger partial charge is 0.460 e. The van der Waals surface area contributed by atoms with Crippen LogP contribution in [0.15, 0.2) is 71.1 Å². The van der Waals surface area contributed by atoms with E-state index in [9.17, 15) is 9.59 Å². The van der Waals surface area contributed by atoms with Gasteiger partial charge in [0.1, 0.15) is 11.5 Å². The summed E-state index contributed by atoms with van der Waals surface area (Å²) in [6.07, 6.45) is -1.00. The number of aryl methyl sites for hydroxylation is 1. The van der Waals surface area contributed by atoms with Gasteiger partial charge in [0.2, 0.25) is 0 Å². The normalized spacial score (nSPS) is 14.4. The standard InChI is InChI=1S/C28H27N3O5/c1-18-7-12-26(35-18)25-17-23(22-5-3-4-6-24(22)30-25)28(33)36-19(2)27(32)29-20-8-10-21(11-9-20)31-13-15-34-16-14-31/h3-12,17,19H,13-16H2,1-2H3,(H,29,32)/t19-/m0/s1. The molecular formula is C28H27N3O5. The number of benzene rings is 2. The van der Waals surface area contributed by atoms with Crippen molar-refractivity contribution < 1.29 is 23.5 Å². The van der Waals surface area contributed by atoms with Crippen LogP contribution in [0.4, 0.5) is 11.4 Å². The molecule has 0 spiro atoms. The van der Waals surface area contributed by atoms with Crippen molar-refractivity contribution in [2.24, 2.45) is 0 Å². The molecule has 5 rings (SSSR count). The van der Waals surface area contributed by atoms with Crippen molar-refractivity contribution >= 4 is 34.2 Å². The van der Waals surface area contributed by atoms with Gasteiger partial charge in [-0.15, -0.1) is 0 Å². The number of amides is 1. The molecule has 36 heavy (non-hydrogen) atoms. The monoisotopic (exact) mass is 485 g/mol. The number of ether oxygens (including phenoxy) is 2. The number of nitrogens with one attached hydrogen (secondary N) is 1. The van der Waals surface area contributed by atoms with E-state index >= 15 is 0 Å². The summed E-state index contributed by atoms with van der Waals surface area (Å²) in [6, 6.07) is 20.2. The Morgan fingerprint density at radius 3 is 2.50 bits per heavy atom. The zero-order chi connectivity index (χ0) is 25.1. The Morgan fingerprint density at radius 1 is 1.03 bits per heavy atom. The lowest BCUT2D eigenvalue weighted by Crippen LogP contribution is -2.36. The molecule has 1 N–H and O–H groups in total. The first-order chi connectivity index (χ1) is 17.5. The second-order valence-electron chi connectivity index (χ2n) is 8.67. The third-order valence-corrected chi connectivity index (χ3v) is 6.09. The molecule has 8 heteroatoms. The van der Waals surface area contributed by atoms with Gasteiger partial charge in [-0.2, -0.15) is 0 Å². The van der Waals surface area contributed by atoms with E-state index in [1.807, 2.05) is 61.5 Å². The van der Waals surface area contributed by atoms with Crippen molar-refractivity contribution in [3.63, 3.8) is 0 Å². The number of carbonyl (C=O) groups is 2. The summed E-state index contributed by atoms with van der Waals surface area (Å²) in [4.78, 5) is 32.8. The molecule has 2 aromatic carbocycles. The molecule has 1 atom stereocenters. The Labute approximate surface area is 208 Å². The molecule has 2 aromatic heterocycles. The first kappa shape index (κ1) is 23.6. The summed E-state index contributed by atoms with van der Waals surface area (Å²) >= 11 is 0. The summed E-state index contributed by atoms with van der Waals surface area (Å²) in [5, 5.41) is 3.46. The van der Waals surface area contributed by atoms with Crippen LogP contribution in [-0.4, -0.2) is 49.3 Å². The number of anilines is 2. The quantitative estimate of drug-likeness (QED) is 0.391. The molecule has 1 aliphatic rings. The van der Waals surface area contributed by atoms with E-state index in [0.717, 1.165) is 24.5 Å². The highest BCUT2D eigenvalue weighted by Gasteiger charge is 2.22. The first-order valence-electron chi connectivity index (χ1n) is 11.9. The van der Waals surface area contributed by atoms with Gasteiger partial charge in [0.25, 0.3) is 5.91 Å². The number of fused-ring (bicyclic) bond motifs is 1. The minimum Gasteiger partial charge on any atom is -0.460 e. The van der Waals surface area contributed by atoms with Gasteiger partial charge in [-0.05, 0) is 62.4 Å². The van der Waals surface area contributed by atoms with Gasteiger partial charge in [0.05, 0.1) is 24.3 Å². The van der Waals surface area contributed by atoms with Crippen molar-refractivity contribution in [3.05, 3.63) is 78.1 Å². The summed E-state index contributed by atoms with van der Waals surface area (Å²) < 4.78 is 16.7. The predicted molar refractivity (Wildman–Crippen MR) is 137 cm³/mol. The molecule has 0 bridgehead atoms. The molecule has 0 aliphatic carbocycles. The maximum absolute atomic E-state index is 13.2. The summed E-state index contributed by atoms with van der Waals surface area (Å²) in [5.74, 6) is 0.275. The third kappa shape index (κ3) is 5.08. The minimum absolute atomic E-state index is 0.319. The van der Waals surface area contributed by atoms with Gasteiger partial charge in [0, 0.05) is 29.9 Å². The van der Waals surface area contributed by atoms with Gasteiger partial charge in [-0.1, -0.05) is 18.2 Å². The number of hydrogen-bond acceptors (Lipinski definition) is 7. The van der Waals surface area contributed by atoms with Crippen molar-refractivity contribution in [1.82, 2.24) is 4.98 Å². The van der Waals surface area contributed by atoms with Crippen LogP contribution in [0.5, 0.6) is 0 Å². The van der Waals surface area contributed by atoms with Gasteiger partial charge in [-0.25, -0.2) is 9.78 Å². The van der Waals surface area contributed by atoms with E-state index < -0.39 is 18.0 Å². The lowest BCUT2D eigenvalue weighted by atomic mass is 10.1. The SMILES string of the molecule is Cc1ccc(-c2cc(C(=O)O[C@@H](C)C(=O)Nc3ccc(N4CCOCC4)cc3)c3ccccc3n2)o1. The molecule has 1 aliphatic heterocycles. The number of furan rings is 1. The Balaban J connectivity index is 1.29. The van der Waals surface area contributed by atoms with E-state index in [1.54, 1.807) is 19.1 Å². The molecular weight excluding hydrogens is 458 g/mol. The maximum Gasteiger partial charge on any atom is 0.339 e. The molecule has 0 unspecified atom stereocenters. The Kier molecular flexibility index (Phi) is 6.69. The second-order valence-corrected chi connectivity index (χ2v) is 8.67. The summed E-state index contributed by atoms with van der Waals surface area (Å²) in [6.45, 7) is 6.48. The van der Waals surface area contributed by atoms with Gasteiger partial charge in [-0.3, -0.25) is 4.79 Å². The third-order valence-electron chi connectivity index (χ3n) is 6.09. The molecule has 0 saturated carbocycles. The fourth-order valence-electron chi connectivity index (χ4n) is 4.14. The smallest absolute Gasteiger partial charge is 0.339 e. The fourth-order valence-corrected chi connectivity index (χ4v) is 4.14. The number of esters is 1. The number of rotatable bonds is 6. The van der Waals surface area contributed by atoms with Crippen LogP contribution >= 0.6 is 0 Å². The number of carbonyl (C=O) groups excluding carboxylic acids is 2. The van der Waals surface area contributed by atoms with Gasteiger partial charge >= 0.3 is 5.97 Å². The lowest BCUT2D eigenvalue weighted by Gasteiger charge is -2.28. The number of nitrogens with zero attached hydrogens (tertiary/aromatic N) is 2. The number of para-hydroxylation sites is 1. The number of pyridine rings is 1. The average molecular weight is 486 g/mol. The zero-order valence-corrected chi connectivity index (χ0v) is 20.2. The van der Waals surface area contributed by atoms with Crippen LogP contribution in [0.1, 0.15) is 23.0 Å². The molecule has 0 radical (unpaired) electrons. The maximum atomic E-state index is 13.2. The average Bonchev–Trinajstić information content (AvgIpc) is 3.35. The van der Waals surface area contributed by atoms with Gasteiger partial charge in [0.15, 0.2) is 11.9 Å². The number of morpholine rings is 1. The Hall–Kier alpha value is -4.17. The van der Waals surface area contributed by atoms with Crippen LogP contribution in [0.2, 0.25) is 0 Å². The topological polar surface area (TPSA) is 93.9 Å². The first-order valence-corrected chi connectivity index (χ1v) is 11.9. The predicted octanol–water partition coefficient (Wildman–Crippen LogP) is 4.82. The van der Waals surface area contributed by atoms with Crippen LogP contribution < -0.4 is 10.2 Å². The van der Waals surface area contributed by atoms with E-state index in [2.05, 4.69) is 15.2 Å². The van der Waals surface area contributed by atoms with Crippen molar-refractivity contribution in [2.75, 3.05) is 36.5 Å². The lowest BCUT2D eigenvalue weighted by molar-refractivity contribution is -0.123. The van der Waals surface area contributed by atoms with E-state index in [0.29, 0.717) is 46.8 Å². The number of hydrogen-bond donors (Lipinski definition) is 1. The molecule has 8 nitrogen and oxygen atoms in total. The molecule has 4 aromatic rings. The highest BCUT2D eigenvalue weighted by molar-refractivity contribution is 6.05. The molecule has 3 heterocycles. The minimum atomic E-state index is -1.00. The van der Waals surface area contributed by atoms with E-state index in [1.165, 1.54) is 0 Å². The van der Waals surface area contributed by atoms with E-state index in [-0.39, 0.29) is 0 Å². The molecule has 1 fully saturated rings. The van der Waals surface area contributed by atoms with Crippen molar-refractivity contribution in [3.8, 4) is 11.5 Å². The number of aromatic nitrogens is 1. The Morgan fingerprint density at radius 2 is 1.78 bits per heavy atom. The van der Waals surface area contributed by atoms with Crippen molar-refractivity contribution in [1.29, 1.82) is 0 Å². The zero-order valence-electron chi connectivity index (χ0n) is 20.2. The van der Waals surface area contributed by atoms with Crippen LogP contribution in [0, 0.1) is 6.92 Å². The Bertz CT molecular complexity index is 1390.